The Bertz CT molecular complexity index is 433. The number of carbonyl (C=O) groups is 1. The number of carbonyl (C=O) groups excluding carboxylic acids is 1. The minimum Gasteiger partial charge on any atom is -0.388 e. The van der Waals surface area contributed by atoms with E-state index >= 15 is 0 Å². The van der Waals surface area contributed by atoms with Crippen molar-refractivity contribution in [3.8, 4) is 0 Å². The lowest BCUT2D eigenvalue weighted by Gasteiger charge is -2.24. The maximum atomic E-state index is 12.0. The quantitative estimate of drug-likeness (QED) is 0.741. The molecule has 0 aromatic carbocycles. The minimum atomic E-state index is -0.852. The fourth-order valence-corrected chi connectivity index (χ4v) is 2.01. The fourth-order valence-electron chi connectivity index (χ4n) is 2.01. The first-order valence-corrected chi connectivity index (χ1v) is 6.88. The number of nitrogens with one attached hydrogen (secondary N) is 2. The van der Waals surface area contributed by atoms with Gasteiger partial charge in [0.25, 0.3) is 5.91 Å². The Morgan fingerprint density at radius 3 is 2.58 bits per heavy atom. The summed E-state index contributed by atoms with van der Waals surface area (Å²) in [5.74, 6) is 0.394. The van der Waals surface area contributed by atoms with E-state index in [9.17, 15) is 9.90 Å². The van der Waals surface area contributed by atoms with Gasteiger partial charge in [-0.3, -0.25) is 4.79 Å². The van der Waals surface area contributed by atoms with Crippen molar-refractivity contribution in [2.24, 2.45) is 5.92 Å². The molecule has 4 nitrogen and oxygen atoms in total. The van der Waals surface area contributed by atoms with Crippen LogP contribution in [0, 0.1) is 19.8 Å². The number of aliphatic hydroxyl groups is 1. The highest BCUT2D eigenvalue weighted by molar-refractivity contribution is 5.94. The Balaban J connectivity index is 2.52. The van der Waals surface area contributed by atoms with Gasteiger partial charge in [-0.25, -0.2) is 0 Å². The van der Waals surface area contributed by atoms with Crippen molar-refractivity contribution in [1.82, 2.24) is 10.3 Å². The van der Waals surface area contributed by atoms with Crippen LogP contribution in [0.2, 0.25) is 0 Å². The van der Waals surface area contributed by atoms with Gasteiger partial charge in [-0.2, -0.15) is 0 Å². The molecule has 0 spiro atoms. The zero-order valence-electron chi connectivity index (χ0n) is 12.6. The van der Waals surface area contributed by atoms with E-state index in [4.69, 9.17) is 0 Å². The van der Waals surface area contributed by atoms with Gasteiger partial charge in [0.05, 0.1) is 5.60 Å². The molecule has 0 aliphatic carbocycles. The molecule has 1 aromatic heterocycles. The molecular weight excluding hydrogens is 240 g/mol. The molecule has 4 heteroatoms. The van der Waals surface area contributed by atoms with Crippen LogP contribution in [-0.2, 0) is 0 Å². The lowest BCUT2D eigenvalue weighted by Crippen LogP contribution is -2.41. The number of amides is 1. The van der Waals surface area contributed by atoms with Gasteiger partial charge in [0, 0.05) is 12.2 Å². The molecule has 0 aliphatic rings. The van der Waals surface area contributed by atoms with Crippen LogP contribution in [0.5, 0.6) is 0 Å². The molecule has 108 valence electrons. The van der Waals surface area contributed by atoms with Crippen molar-refractivity contribution >= 4 is 5.91 Å². The number of rotatable bonds is 6. The maximum Gasteiger partial charge on any atom is 0.268 e. The summed E-state index contributed by atoms with van der Waals surface area (Å²) in [6.07, 6.45) is 1.64. The lowest BCUT2D eigenvalue weighted by molar-refractivity contribution is 0.0428. The summed E-state index contributed by atoms with van der Waals surface area (Å²) in [5.41, 5.74) is 1.62. The predicted molar refractivity (Wildman–Crippen MR) is 77.3 cm³/mol. The van der Waals surface area contributed by atoms with E-state index < -0.39 is 5.60 Å². The van der Waals surface area contributed by atoms with Crippen LogP contribution in [0.4, 0.5) is 0 Å². The number of aromatic nitrogens is 1. The summed E-state index contributed by atoms with van der Waals surface area (Å²) in [6.45, 7) is 10.1. The maximum absolute atomic E-state index is 12.0. The molecule has 0 saturated heterocycles. The number of aryl methyl sites for hydroxylation is 2. The third kappa shape index (κ3) is 5.07. The number of hydrogen-bond acceptors (Lipinski definition) is 2. The second kappa shape index (κ2) is 6.24. The van der Waals surface area contributed by atoms with E-state index in [1.807, 2.05) is 19.9 Å². The van der Waals surface area contributed by atoms with Crippen molar-refractivity contribution in [1.29, 1.82) is 0 Å². The van der Waals surface area contributed by atoms with E-state index in [-0.39, 0.29) is 12.5 Å². The number of hydrogen-bond donors (Lipinski definition) is 3. The Morgan fingerprint density at radius 2 is 2.11 bits per heavy atom. The van der Waals surface area contributed by atoms with E-state index in [2.05, 4.69) is 24.1 Å². The standard InChI is InChI=1S/C15H26N2O2/c1-10(2)6-7-15(5,19)9-16-14(18)13-11(3)8-12(4)17-13/h8,10,17,19H,6-7,9H2,1-5H3,(H,16,18). The summed E-state index contributed by atoms with van der Waals surface area (Å²) >= 11 is 0. The zero-order valence-corrected chi connectivity index (χ0v) is 12.6. The average Bonchev–Trinajstić information content (AvgIpc) is 2.63. The lowest BCUT2D eigenvalue weighted by atomic mass is 9.95. The molecule has 0 aliphatic heterocycles. The van der Waals surface area contributed by atoms with E-state index in [1.165, 1.54) is 0 Å². The van der Waals surface area contributed by atoms with Gasteiger partial charge in [-0.1, -0.05) is 13.8 Å². The fraction of sp³-hybridized carbons (Fsp3) is 0.667. The second-order valence-corrected chi connectivity index (χ2v) is 6.12. The molecule has 1 unspecified atom stereocenters. The van der Waals surface area contributed by atoms with Crippen molar-refractivity contribution < 1.29 is 9.90 Å². The first-order chi connectivity index (χ1) is 8.71. The van der Waals surface area contributed by atoms with E-state index in [0.29, 0.717) is 18.0 Å². The van der Waals surface area contributed by atoms with Crippen molar-refractivity contribution in [3.05, 3.63) is 23.0 Å². The van der Waals surface area contributed by atoms with Gasteiger partial charge < -0.3 is 15.4 Å². The molecule has 0 radical (unpaired) electrons. The molecule has 3 N–H and O–H groups in total. The summed E-state index contributed by atoms with van der Waals surface area (Å²) < 4.78 is 0. The topological polar surface area (TPSA) is 65.1 Å². The van der Waals surface area contributed by atoms with Crippen LogP contribution in [0.25, 0.3) is 0 Å². The molecule has 1 atom stereocenters. The Morgan fingerprint density at radius 1 is 1.47 bits per heavy atom. The zero-order chi connectivity index (χ0) is 14.6. The first kappa shape index (κ1) is 15.8. The van der Waals surface area contributed by atoms with Crippen LogP contribution in [0.3, 0.4) is 0 Å². The molecule has 19 heavy (non-hydrogen) atoms. The molecule has 1 rings (SSSR count). The third-order valence-corrected chi connectivity index (χ3v) is 3.27. The third-order valence-electron chi connectivity index (χ3n) is 3.27. The monoisotopic (exact) mass is 266 g/mol. The van der Waals surface area contributed by atoms with Crippen LogP contribution in [-0.4, -0.2) is 28.1 Å². The highest BCUT2D eigenvalue weighted by atomic mass is 16.3. The minimum absolute atomic E-state index is 0.157. The first-order valence-electron chi connectivity index (χ1n) is 6.88. The van der Waals surface area contributed by atoms with Crippen LogP contribution >= 0.6 is 0 Å². The van der Waals surface area contributed by atoms with E-state index in [0.717, 1.165) is 17.7 Å². The van der Waals surface area contributed by atoms with Gasteiger partial charge in [0.2, 0.25) is 0 Å². The molecular formula is C15H26N2O2. The molecule has 1 amide bonds. The molecule has 0 fully saturated rings. The Hall–Kier alpha value is -1.29. The summed E-state index contributed by atoms with van der Waals surface area (Å²) in [7, 11) is 0. The molecule has 0 saturated carbocycles. The van der Waals surface area contributed by atoms with Crippen LogP contribution in [0.15, 0.2) is 6.07 Å². The molecule has 1 heterocycles. The van der Waals surface area contributed by atoms with Gasteiger partial charge in [-0.05, 0) is 51.2 Å². The molecule has 1 aromatic rings. The summed E-state index contributed by atoms with van der Waals surface area (Å²) in [4.78, 5) is 15.0. The smallest absolute Gasteiger partial charge is 0.268 e. The highest BCUT2D eigenvalue weighted by Crippen LogP contribution is 2.16. The SMILES string of the molecule is Cc1cc(C)c(C(=O)NCC(C)(O)CCC(C)C)[nH]1. The van der Waals surface area contributed by atoms with Gasteiger partial charge in [0.1, 0.15) is 5.69 Å². The average molecular weight is 266 g/mol. The van der Waals surface area contributed by atoms with E-state index in [1.54, 1.807) is 6.92 Å². The van der Waals surface area contributed by atoms with Crippen molar-refractivity contribution in [2.75, 3.05) is 6.54 Å². The Labute approximate surface area is 115 Å². The number of H-pyrrole nitrogens is 1. The van der Waals surface area contributed by atoms with Crippen molar-refractivity contribution in [2.45, 2.75) is 53.1 Å². The Kier molecular flexibility index (Phi) is 5.18. The predicted octanol–water partition coefficient (Wildman–Crippen LogP) is 2.55. The summed E-state index contributed by atoms with van der Waals surface area (Å²) in [5, 5.41) is 13.0. The van der Waals surface area contributed by atoms with Crippen LogP contribution in [0.1, 0.15) is 55.4 Å². The number of aromatic amines is 1. The van der Waals surface area contributed by atoms with Gasteiger partial charge >= 0.3 is 0 Å². The largest absolute Gasteiger partial charge is 0.388 e. The summed E-state index contributed by atoms with van der Waals surface area (Å²) in [6, 6.07) is 1.94. The highest BCUT2D eigenvalue weighted by Gasteiger charge is 2.22. The van der Waals surface area contributed by atoms with Gasteiger partial charge in [-0.15, -0.1) is 0 Å². The second-order valence-electron chi connectivity index (χ2n) is 6.12. The normalized spacial score (nSPS) is 14.5. The van der Waals surface area contributed by atoms with Gasteiger partial charge in [0.15, 0.2) is 0 Å². The van der Waals surface area contributed by atoms with Crippen molar-refractivity contribution in [3.63, 3.8) is 0 Å². The molecule has 0 bridgehead atoms. The van der Waals surface area contributed by atoms with Crippen LogP contribution < -0.4 is 5.32 Å².